The molecule has 0 rings (SSSR count). The van der Waals surface area contributed by atoms with Crippen molar-refractivity contribution in [3.8, 4) is 0 Å². The smallest absolute Gasteiger partial charge is 0.322 e. The van der Waals surface area contributed by atoms with E-state index < -0.39 is 6.04 Å². The molecule has 0 radical (unpaired) electrons. The zero-order valence-corrected chi connectivity index (χ0v) is 7.98. The summed E-state index contributed by atoms with van der Waals surface area (Å²) in [5, 5.41) is 0. The van der Waals surface area contributed by atoms with Gasteiger partial charge in [-0.1, -0.05) is 6.92 Å². The van der Waals surface area contributed by atoms with E-state index in [0.717, 1.165) is 6.42 Å². The van der Waals surface area contributed by atoms with Crippen LogP contribution < -0.4 is 5.73 Å². The Hall–Kier alpha value is -0.280. The van der Waals surface area contributed by atoms with E-state index in [1.54, 1.807) is 6.92 Å². The van der Waals surface area contributed by atoms with Gasteiger partial charge in [-0.25, -0.2) is 0 Å². The molecular weight excluding hydrogens is 166 g/mol. The highest BCUT2D eigenvalue weighted by Crippen LogP contribution is 1.97. The van der Waals surface area contributed by atoms with E-state index in [2.05, 4.69) is 0 Å². The van der Waals surface area contributed by atoms with Crippen LogP contribution in [0.3, 0.4) is 0 Å². The number of hydrogen-bond acceptors (Lipinski definition) is 3. The Morgan fingerprint density at radius 2 is 2.00 bits per heavy atom. The maximum absolute atomic E-state index is 10.8. The third-order valence-electron chi connectivity index (χ3n) is 1.26. The summed E-state index contributed by atoms with van der Waals surface area (Å²) in [7, 11) is 0. The molecule has 0 saturated heterocycles. The van der Waals surface area contributed by atoms with Gasteiger partial charge in [0, 0.05) is 0 Å². The van der Waals surface area contributed by atoms with E-state index in [9.17, 15) is 4.79 Å². The van der Waals surface area contributed by atoms with Gasteiger partial charge in [0.15, 0.2) is 0 Å². The van der Waals surface area contributed by atoms with Crippen molar-refractivity contribution in [2.75, 3.05) is 0 Å². The zero-order chi connectivity index (χ0) is 8.15. The Morgan fingerprint density at radius 1 is 1.55 bits per heavy atom. The van der Waals surface area contributed by atoms with E-state index in [1.165, 1.54) is 0 Å². The summed E-state index contributed by atoms with van der Waals surface area (Å²) in [4.78, 5) is 10.8. The molecule has 0 saturated carbocycles. The van der Waals surface area contributed by atoms with Gasteiger partial charge in [0.05, 0.1) is 6.10 Å². The van der Waals surface area contributed by atoms with Gasteiger partial charge in [0.2, 0.25) is 0 Å². The van der Waals surface area contributed by atoms with Gasteiger partial charge in [0.1, 0.15) is 6.04 Å². The summed E-state index contributed by atoms with van der Waals surface area (Å²) >= 11 is 0. The molecule has 0 aromatic carbocycles. The fourth-order valence-electron chi connectivity index (χ4n) is 0.389. The first-order valence-electron chi connectivity index (χ1n) is 3.54. The van der Waals surface area contributed by atoms with Crippen molar-refractivity contribution in [1.82, 2.24) is 0 Å². The van der Waals surface area contributed by atoms with Crippen LogP contribution in [0.4, 0.5) is 0 Å². The van der Waals surface area contributed by atoms with Gasteiger partial charge < -0.3 is 10.5 Å². The van der Waals surface area contributed by atoms with Gasteiger partial charge in [-0.3, -0.25) is 4.79 Å². The van der Waals surface area contributed by atoms with Crippen LogP contribution in [0.2, 0.25) is 0 Å². The second-order valence-electron chi connectivity index (χ2n) is 2.44. The van der Waals surface area contributed by atoms with Gasteiger partial charge in [-0.05, 0) is 20.3 Å². The Balaban J connectivity index is 0. The Labute approximate surface area is 73.7 Å². The zero-order valence-electron chi connectivity index (χ0n) is 7.16. The molecule has 3 nitrogen and oxygen atoms in total. The second kappa shape index (κ2) is 6.43. The van der Waals surface area contributed by atoms with Gasteiger partial charge in [-0.2, -0.15) is 0 Å². The number of nitrogens with two attached hydrogens (primary N) is 1. The van der Waals surface area contributed by atoms with Crippen LogP contribution in [0.25, 0.3) is 0 Å². The summed E-state index contributed by atoms with van der Waals surface area (Å²) in [6.07, 6.45) is 0.817. The van der Waals surface area contributed by atoms with Crippen molar-refractivity contribution in [2.24, 2.45) is 5.73 Å². The molecule has 4 heteroatoms. The molecule has 0 aliphatic rings. The molecule has 0 aliphatic heterocycles. The molecule has 0 spiro atoms. The molecule has 0 aromatic rings. The minimum absolute atomic E-state index is 0. The van der Waals surface area contributed by atoms with Crippen LogP contribution in [0.1, 0.15) is 27.2 Å². The maximum Gasteiger partial charge on any atom is 0.322 e. The molecule has 11 heavy (non-hydrogen) atoms. The highest BCUT2D eigenvalue weighted by molar-refractivity contribution is 5.85. The molecule has 0 aromatic heterocycles. The molecule has 0 heterocycles. The first-order valence-corrected chi connectivity index (χ1v) is 3.54. The van der Waals surface area contributed by atoms with Crippen molar-refractivity contribution < 1.29 is 9.53 Å². The summed E-state index contributed by atoms with van der Waals surface area (Å²) in [5.41, 5.74) is 5.26. The molecule has 0 aliphatic carbocycles. The van der Waals surface area contributed by atoms with Crippen molar-refractivity contribution in [3.05, 3.63) is 0 Å². The fraction of sp³-hybridized carbons (Fsp3) is 0.857. The number of hydrogen-bond donors (Lipinski definition) is 1. The van der Waals surface area contributed by atoms with Crippen LogP contribution in [0.15, 0.2) is 0 Å². The monoisotopic (exact) mass is 181 g/mol. The second-order valence-corrected chi connectivity index (χ2v) is 2.44. The van der Waals surface area contributed by atoms with Crippen molar-refractivity contribution >= 4 is 18.4 Å². The molecule has 0 amide bonds. The Kier molecular flexibility index (Phi) is 7.79. The first kappa shape index (κ1) is 13.3. The number of ether oxygens (including phenoxy) is 1. The van der Waals surface area contributed by atoms with E-state index in [0.29, 0.717) is 0 Å². The minimum atomic E-state index is -0.506. The average Bonchev–Trinajstić information content (AvgIpc) is 1.87. The van der Waals surface area contributed by atoms with Crippen LogP contribution in [0, 0.1) is 0 Å². The number of halogens is 1. The van der Waals surface area contributed by atoms with Gasteiger partial charge in [-0.15, -0.1) is 12.4 Å². The largest absolute Gasteiger partial charge is 0.462 e. The van der Waals surface area contributed by atoms with Crippen molar-refractivity contribution in [1.29, 1.82) is 0 Å². The molecule has 2 N–H and O–H groups in total. The first-order chi connectivity index (χ1) is 4.57. The molecule has 2 unspecified atom stereocenters. The SMILES string of the molecule is CCC(C)OC(=O)C(C)N.Cl. The van der Waals surface area contributed by atoms with Gasteiger partial charge in [0.25, 0.3) is 0 Å². The molecule has 68 valence electrons. The predicted octanol–water partition coefficient (Wildman–Crippen LogP) is 1.10. The topological polar surface area (TPSA) is 52.3 Å². The third-order valence-corrected chi connectivity index (χ3v) is 1.26. The molecular formula is C7H16ClNO2. The van der Waals surface area contributed by atoms with E-state index in [1.807, 2.05) is 13.8 Å². The maximum atomic E-state index is 10.8. The van der Waals surface area contributed by atoms with Crippen LogP contribution in [-0.4, -0.2) is 18.1 Å². The molecule has 0 fully saturated rings. The predicted molar refractivity (Wildman–Crippen MR) is 46.7 cm³/mol. The lowest BCUT2D eigenvalue weighted by molar-refractivity contribution is -0.149. The lowest BCUT2D eigenvalue weighted by Gasteiger charge is -2.11. The molecule has 0 bridgehead atoms. The average molecular weight is 182 g/mol. The third kappa shape index (κ3) is 6.13. The summed E-state index contributed by atoms with van der Waals surface area (Å²) in [6, 6.07) is -0.506. The fourth-order valence-corrected chi connectivity index (χ4v) is 0.389. The summed E-state index contributed by atoms with van der Waals surface area (Å²) in [6.45, 7) is 5.42. The minimum Gasteiger partial charge on any atom is -0.462 e. The van der Waals surface area contributed by atoms with Crippen LogP contribution in [-0.2, 0) is 9.53 Å². The Morgan fingerprint density at radius 3 is 2.27 bits per heavy atom. The number of rotatable bonds is 3. The van der Waals surface area contributed by atoms with Crippen LogP contribution in [0.5, 0.6) is 0 Å². The highest BCUT2D eigenvalue weighted by Gasteiger charge is 2.11. The lowest BCUT2D eigenvalue weighted by Crippen LogP contribution is -2.31. The quantitative estimate of drug-likeness (QED) is 0.664. The Bertz CT molecular complexity index is 117. The van der Waals surface area contributed by atoms with Gasteiger partial charge >= 0.3 is 5.97 Å². The highest BCUT2D eigenvalue weighted by atomic mass is 35.5. The molecule has 2 atom stereocenters. The lowest BCUT2D eigenvalue weighted by atomic mass is 10.3. The van der Waals surface area contributed by atoms with Crippen LogP contribution >= 0.6 is 12.4 Å². The normalized spacial score (nSPS) is 14.5. The summed E-state index contributed by atoms with van der Waals surface area (Å²) < 4.78 is 4.90. The standard InChI is InChI=1S/C7H15NO2.ClH/c1-4-5(2)10-7(9)6(3)8;/h5-6H,4,8H2,1-3H3;1H. The van der Waals surface area contributed by atoms with E-state index in [4.69, 9.17) is 10.5 Å². The number of carbonyl (C=O) groups is 1. The summed E-state index contributed by atoms with van der Waals surface area (Å²) in [5.74, 6) is -0.325. The number of carbonyl (C=O) groups excluding carboxylic acids is 1. The van der Waals surface area contributed by atoms with Crippen molar-refractivity contribution in [2.45, 2.75) is 39.3 Å². The number of esters is 1. The van der Waals surface area contributed by atoms with E-state index >= 15 is 0 Å². The van der Waals surface area contributed by atoms with Crippen molar-refractivity contribution in [3.63, 3.8) is 0 Å². The van der Waals surface area contributed by atoms with E-state index in [-0.39, 0.29) is 24.5 Å².